The van der Waals surface area contributed by atoms with Crippen LogP contribution in [0.1, 0.15) is 106 Å². The van der Waals surface area contributed by atoms with E-state index in [0.29, 0.717) is 19.5 Å². The van der Waals surface area contributed by atoms with Crippen molar-refractivity contribution in [1.29, 1.82) is 0 Å². The molecule has 4 aromatic carbocycles. The third-order valence-electron chi connectivity index (χ3n) is 11.9. The van der Waals surface area contributed by atoms with Gasteiger partial charge in [-0.3, -0.25) is 14.4 Å². The molecule has 0 saturated heterocycles. The van der Waals surface area contributed by atoms with Crippen molar-refractivity contribution in [3.05, 3.63) is 132 Å². The van der Waals surface area contributed by atoms with Crippen LogP contribution in [0.15, 0.2) is 121 Å². The van der Waals surface area contributed by atoms with Gasteiger partial charge in [0, 0.05) is 59.6 Å². The van der Waals surface area contributed by atoms with Gasteiger partial charge in [0.15, 0.2) is 12.3 Å². The molecule has 0 spiro atoms. The molecular formula is C53H65N4O4+. The molecule has 0 aromatic heterocycles. The fourth-order valence-electron chi connectivity index (χ4n) is 8.95. The van der Waals surface area contributed by atoms with E-state index in [1.807, 2.05) is 46.8 Å². The Kier molecular flexibility index (Phi) is 13.6. The zero-order valence-corrected chi connectivity index (χ0v) is 37.9. The lowest BCUT2D eigenvalue weighted by molar-refractivity contribution is -0.436. The smallest absolute Gasteiger partial charge is 0.308 e. The van der Waals surface area contributed by atoms with Crippen molar-refractivity contribution in [2.45, 2.75) is 123 Å². The van der Waals surface area contributed by atoms with E-state index in [0.717, 1.165) is 29.2 Å². The minimum atomic E-state index is -0.574. The van der Waals surface area contributed by atoms with Gasteiger partial charge in [-0.05, 0) is 100 Å². The van der Waals surface area contributed by atoms with Crippen molar-refractivity contribution in [2.24, 2.45) is 0 Å². The van der Waals surface area contributed by atoms with Crippen molar-refractivity contribution in [3.8, 4) is 0 Å². The number of carbonyl (C=O) groups is 3. The molecule has 6 rings (SSSR count). The van der Waals surface area contributed by atoms with E-state index >= 15 is 0 Å². The Balaban J connectivity index is 1.23. The van der Waals surface area contributed by atoms with E-state index in [2.05, 4.69) is 158 Å². The SMILES string of the molecule is CCC(C)NC(=O)CCN1/C(=C/C=C/C=C/C=C/C2=[N+](CCC(=O)NC(C)CC(=O)OC(C)(C)C)c3ccc4ccccc4c3C2(C)C)C(C)(C)c2c1ccc1ccccc21. The number of allylic oxidation sites excluding steroid dienone is 8. The van der Waals surface area contributed by atoms with Crippen LogP contribution < -0.4 is 15.5 Å². The average Bonchev–Trinajstić information content (AvgIpc) is 3.55. The lowest BCUT2D eigenvalue weighted by atomic mass is 9.79. The van der Waals surface area contributed by atoms with E-state index in [-0.39, 0.29) is 53.5 Å². The van der Waals surface area contributed by atoms with Crippen LogP contribution in [-0.4, -0.2) is 58.8 Å². The van der Waals surface area contributed by atoms with Gasteiger partial charge in [0.2, 0.25) is 17.5 Å². The molecule has 2 N–H and O–H groups in total. The summed E-state index contributed by atoms with van der Waals surface area (Å²) >= 11 is 0. The van der Waals surface area contributed by atoms with Crippen molar-refractivity contribution in [3.63, 3.8) is 0 Å². The molecule has 0 fully saturated rings. The molecular weight excluding hydrogens is 757 g/mol. The molecule has 2 aliphatic heterocycles. The van der Waals surface area contributed by atoms with Gasteiger partial charge in [-0.15, -0.1) is 0 Å². The molecule has 320 valence electrons. The highest BCUT2D eigenvalue weighted by molar-refractivity contribution is 6.07. The van der Waals surface area contributed by atoms with Gasteiger partial charge in [0.25, 0.3) is 0 Å². The quantitative estimate of drug-likeness (QED) is 0.0708. The van der Waals surface area contributed by atoms with E-state index in [1.54, 1.807) is 0 Å². The monoisotopic (exact) mass is 822 g/mol. The Hall–Kier alpha value is -5.76. The first-order chi connectivity index (χ1) is 28.9. The van der Waals surface area contributed by atoms with Crippen molar-refractivity contribution < 1.29 is 23.7 Å². The number of fused-ring (bicyclic) bond motifs is 6. The summed E-state index contributed by atoms with van der Waals surface area (Å²) < 4.78 is 7.73. The van der Waals surface area contributed by atoms with E-state index < -0.39 is 5.60 Å². The van der Waals surface area contributed by atoms with Gasteiger partial charge in [-0.25, -0.2) is 0 Å². The maximum atomic E-state index is 13.3. The highest BCUT2D eigenvalue weighted by Gasteiger charge is 2.45. The fraction of sp³-hybridized carbons (Fsp3) is 0.396. The van der Waals surface area contributed by atoms with Crippen molar-refractivity contribution in [2.75, 3.05) is 18.0 Å². The lowest BCUT2D eigenvalue weighted by Gasteiger charge is -2.27. The van der Waals surface area contributed by atoms with Crippen molar-refractivity contribution >= 4 is 56.4 Å². The maximum absolute atomic E-state index is 13.3. The molecule has 2 amide bonds. The summed E-state index contributed by atoms with van der Waals surface area (Å²) in [5.41, 5.74) is 5.86. The predicted octanol–water partition coefficient (Wildman–Crippen LogP) is 10.7. The zero-order valence-electron chi connectivity index (χ0n) is 37.9. The maximum Gasteiger partial charge on any atom is 0.308 e. The van der Waals surface area contributed by atoms with Gasteiger partial charge in [0.1, 0.15) is 5.60 Å². The normalized spacial score (nSPS) is 17.5. The second-order valence-corrected chi connectivity index (χ2v) is 18.6. The molecule has 0 saturated carbocycles. The molecule has 4 aromatic rings. The Morgan fingerprint density at radius 2 is 1.33 bits per heavy atom. The number of nitrogens with one attached hydrogen (secondary N) is 2. The summed E-state index contributed by atoms with van der Waals surface area (Å²) in [6.07, 6.45) is 16.3. The Bertz CT molecular complexity index is 2460. The molecule has 8 heteroatoms. The third-order valence-corrected chi connectivity index (χ3v) is 11.9. The van der Waals surface area contributed by atoms with E-state index in [1.165, 1.54) is 32.7 Å². The molecule has 0 radical (unpaired) electrons. The highest BCUT2D eigenvalue weighted by atomic mass is 16.6. The predicted molar refractivity (Wildman–Crippen MR) is 252 cm³/mol. The van der Waals surface area contributed by atoms with E-state index in [4.69, 9.17) is 4.74 Å². The first-order valence-corrected chi connectivity index (χ1v) is 21.9. The Morgan fingerprint density at radius 3 is 2.00 bits per heavy atom. The number of rotatable bonds is 15. The van der Waals surface area contributed by atoms with Crippen LogP contribution in [0.25, 0.3) is 21.5 Å². The number of anilines is 1. The molecule has 0 bridgehead atoms. The second-order valence-electron chi connectivity index (χ2n) is 18.6. The van der Waals surface area contributed by atoms with E-state index in [9.17, 15) is 14.4 Å². The first-order valence-electron chi connectivity index (χ1n) is 21.9. The summed E-state index contributed by atoms with van der Waals surface area (Å²) in [5, 5.41) is 11.0. The van der Waals surface area contributed by atoms with Gasteiger partial charge in [0.05, 0.1) is 18.3 Å². The van der Waals surface area contributed by atoms with Crippen LogP contribution in [0, 0.1) is 0 Å². The van der Waals surface area contributed by atoms with Crippen LogP contribution >= 0.6 is 0 Å². The first kappa shape index (κ1) is 44.8. The lowest BCUT2D eigenvalue weighted by Crippen LogP contribution is -2.37. The molecule has 0 aliphatic carbocycles. The Labute approximate surface area is 363 Å². The fourth-order valence-corrected chi connectivity index (χ4v) is 8.95. The highest BCUT2D eigenvalue weighted by Crippen LogP contribution is 2.51. The minimum Gasteiger partial charge on any atom is -0.460 e. The number of hydrogen-bond donors (Lipinski definition) is 2. The largest absolute Gasteiger partial charge is 0.460 e. The van der Waals surface area contributed by atoms with Crippen LogP contribution in [0.4, 0.5) is 11.4 Å². The van der Waals surface area contributed by atoms with Gasteiger partial charge in [-0.1, -0.05) is 106 Å². The average molecular weight is 822 g/mol. The standard InChI is InChI=1S/C53H64N4O4/c1-11-36(2)54-46(58)31-33-56-42-29-27-38-21-17-19-23-40(38)49(42)52(7,8)44(56)25-15-13-12-14-16-26-45-53(9,10)50-41-24-20-18-22-39(41)28-30-43(50)57(45)34-32-47(59)55-37(3)35-48(60)61-51(4,5)6/h12-30,36-37H,11,31-35H2,1-10H3,(H-,54,55,58,59)/p+1. The second kappa shape index (κ2) is 18.5. The summed E-state index contributed by atoms with van der Waals surface area (Å²) in [4.78, 5) is 40.9. The van der Waals surface area contributed by atoms with Crippen LogP contribution in [0.3, 0.4) is 0 Å². The van der Waals surface area contributed by atoms with Gasteiger partial charge >= 0.3 is 5.97 Å². The molecule has 2 atom stereocenters. The Morgan fingerprint density at radius 1 is 0.738 bits per heavy atom. The molecule has 61 heavy (non-hydrogen) atoms. The van der Waals surface area contributed by atoms with Crippen molar-refractivity contribution in [1.82, 2.24) is 10.6 Å². The van der Waals surface area contributed by atoms with Crippen LogP contribution in [0.2, 0.25) is 0 Å². The minimum absolute atomic E-state index is 0.0670. The van der Waals surface area contributed by atoms with Gasteiger partial charge in [-0.2, -0.15) is 4.58 Å². The number of esters is 1. The summed E-state index contributed by atoms with van der Waals surface area (Å²) in [6.45, 7) is 21.6. The number of hydrogen-bond acceptors (Lipinski definition) is 5. The number of amides is 2. The molecule has 2 aliphatic rings. The summed E-state index contributed by atoms with van der Waals surface area (Å²) in [5.74, 6) is -0.373. The summed E-state index contributed by atoms with van der Waals surface area (Å²) in [6, 6.07) is 25.5. The van der Waals surface area contributed by atoms with Crippen LogP contribution in [-0.2, 0) is 30.0 Å². The number of ether oxygens (including phenoxy) is 1. The third kappa shape index (κ3) is 10.1. The molecule has 2 heterocycles. The number of benzene rings is 4. The molecule has 2 unspecified atom stereocenters. The number of nitrogens with zero attached hydrogens (tertiary/aromatic N) is 2. The summed E-state index contributed by atoms with van der Waals surface area (Å²) in [7, 11) is 0. The topological polar surface area (TPSA) is 90.8 Å². The zero-order chi connectivity index (χ0) is 44.1. The van der Waals surface area contributed by atoms with Gasteiger partial charge < -0.3 is 20.3 Å². The number of carbonyl (C=O) groups excluding carboxylic acids is 3. The van der Waals surface area contributed by atoms with Crippen LogP contribution in [0.5, 0.6) is 0 Å². The molecule has 8 nitrogen and oxygen atoms in total.